The van der Waals surface area contributed by atoms with Crippen LogP contribution in [-0.4, -0.2) is 67.3 Å². The highest BCUT2D eigenvalue weighted by Gasteiger charge is 2.26. The maximum absolute atomic E-state index is 13.0. The van der Waals surface area contributed by atoms with Gasteiger partial charge in [0.15, 0.2) is 0 Å². The van der Waals surface area contributed by atoms with Gasteiger partial charge in [-0.25, -0.2) is 14.8 Å². The number of ether oxygens (including phenoxy) is 1. The predicted molar refractivity (Wildman–Crippen MR) is 105 cm³/mol. The number of amides is 1. The lowest BCUT2D eigenvalue weighted by atomic mass is 10.1. The van der Waals surface area contributed by atoms with Crippen molar-refractivity contribution in [2.45, 2.75) is 20.8 Å². The number of pyridine rings is 1. The summed E-state index contributed by atoms with van der Waals surface area (Å²) in [5, 5.41) is 0.557. The molecule has 7 nitrogen and oxygen atoms in total. The van der Waals surface area contributed by atoms with E-state index in [2.05, 4.69) is 9.98 Å². The maximum Gasteiger partial charge on any atom is 0.338 e. The molecule has 2 aromatic rings. The summed E-state index contributed by atoms with van der Waals surface area (Å²) < 4.78 is 4.92. The molecule has 0 bridgehead atoms. The van der Waals surface area contributed by atoms with Gasteiger partial charge in [0, 0.05) is 32.9 Å². The molecule has 0 spiro atoms. The zero-order valence-corrected chi connectivity index (χ0v) is 16.8. The molecule has 2 aromatic heterocycles. The van der Waals surface area contributed by atoms with Crippen LogP contribution in [0.1, 0.15) is 39.6 Å². The highest BCUT2D eigenvalue weighted by molar-refractivity contribution is 7.21. The van der Waals surface area contributed by atoms with Gasteiger partial charge in [0.05, 0.1) is 30.1 Å². The van der Waals surface area contributed by atoms with Gasteiger partial charge in [0.25, 0.3) is 5.91 Å². The van der Waals surface area contributed by atoms with E-state index in [4.69, 9.17) is 4.74 Å². The average molecular weight is 376 g/mol. The normalized spacial score (nSPS) is 11.2. The number of hydrogen-bond acceptors (Lipinski definition) is 6. The van der Waals surface area contributed by atoms with Crippen LogP contribution in [0.2, 0.25) is 0 Å². The smallest absolute Gasteiger partial charge is 0.338 e. The van der Waals surface area contributed by atoms with Gasteiger partial charge < -0.3 is 14.5 Å². The first-order valence-corrected chi connectivity index (χ1v) is 9.17. The van der Waals surface area contributed by atoms with Gasteiger partial charge in [-0.05, 0) is 26.8 Å². The van der Waals surface area contributed by atoms with Crippen molar-refractivity contribution in [1.82, 2.24) is 14.8 Å². The van der Waals surface area contributed by atoms with E-state index in [1.54, 1.807) is 29.1 Å². The topological polar surface area (TPSA) is 75.1 Å². The first kappa shape index (κ1) is 19.8. The molecule has 0 atom stereocenters. The van der Waals surface area contributed by atoms with Crippen molar-refractivity contribution < 1.29 is 14.3 Å². The summed E-state index contributed by atoms with van der Waals surface area (Å²) in [6.07, 6.45) is 1.61. The second kappa shape index (κ2) is 8.27. The van der Waals surface area contributed by atoms with Gasteiger partial charge in [-0.2, -0.15) is 0 Å². The van der Waals surface area contributed by atoms with Crippen molar-refractivity contribution in [2.24, 2.45) is 4.99 Å². The molecular formula is C18H24N4O3S. The van der Waals surface area contributed by atoms with Gasteiger partial charge >= 0.3 is 5.97 Å². The maximum atomic E-state index is 13.0. The van der Waals surface area contributed by atoms with Crippen molar-refractivity contribution in [3.8, 4) is 0 Å². The number of thiophene rings is 1. The lowest BCUT2D eigenvalue weighted by molar-refractivity contribution is 0.0602. The number of esters is 1. The molecule has 0 saturated carbocycles. The molecule has 2 heterocycles. The van der Waals surface area contributed by atoms with E-state index < -0.39 is 5.97 Å². The van der Waals surface area contributed by atoms with E-state index in [-0.39, 0.29) is 5.91 Å². The van der Waals surface area contributed by atoms with Crippen LogP contribution in [0.4, 0.5) is 5.69 Å². The van der Waals surface area contributed by atoms with Crippen LogP contribution < -0.4 is 0 Å². The largest absolute Gasteiger partial charge is 0.465 e. The summed E-state index contributed by atoms with van der Waals surface area (Å²) in [5.41, 5.74) is 1.52. The van der Waals surface area contributed by atoms with Crippen LogP contribution in [-0.2, 0) is 4.74 Å². The first-order valence-electron chi connectivity index (χ1n) is 8.36. The highest BCUT2D eigenvalue weighted by Crippen LogP contribution is 2.40. The van der Waals surface area contributed by atoms with Gasteiger partial charge in [0.1, 0.15) is 9.71 Å². The Balaban J connectivity index is 2.82. The zero-order valence-electron chi connectivity index (χ0n) is 16.0. The number of aliphatic imine (C=N–C) groups is 1. The minimum absolute atomic E-state index is 0.114. The number of carbonyl (C=O) groups is 2. The summed E-state index contributed by atoms with van der Waals surface area (Å²) >= 11 is 1.26. The fourth-order valence-electron chi connectivity index (χ4n) is 2.57. The third-order valence-electron chi connectivity index (χ3n) is 3.83. The Morgan fingerprint density at radius 3 is 2.50 bits per heavy atom. The van der Waals surface area contributed by atoms with Crippen LogP contribution in [0.15, 0.2) is 11.1 Å². The van der Waals surface area contributed by atoms with Gasteiger partial charge in [-0.15, -0.1) is 11.3 Å². The molecule has 0 unspecified atom stereocenters. The molecule has 140 valence electrons. The molecule has 8 heteroatoms. The first-order chi connectivity index (χ1) is 12.3. The fraction of sp³-hybridized carbons (Fsp3) is 0.444. The second-order valence-electron chi connectivity index (χ2n) is 5.95. The standard InChI is InChI=1S/C18H24N4O3S/c1-7-22(8-2)17(23)15-14(19-10-21(4)5)13-12(18(24)25-6)9-11(3)20-16(13)26-15/h9-10H,7-8H2,1-6H3. The molecule has 0 fully saturated rings. The van der Waals surface area contributed by atoms with Crippen molar-refractivity contribution in [2.75, 3.05) is 34.3 Å². The monoisotopic (exact) mass is 376 g/mol. The Morgan fingerprint density at radius 1 is 1.31 bits per heavy atom. The van der Waals surface area contributed by atoms with E-state index >= 15 is 0 Å². The van der Waals surface area contributed by atoms with Crippen LogP contribution >= 0.6 is 11.3 Å². The molecule has 2 rings (SSSR count). The van der Waals surface area contributed by atoms with E-state index in [1.807, 2.05) is 27.9 Å². The van der Waals surface area contributed by atoms with Crippen molar-refractivity contribution in [3.63, 3.8) is 0 Å². The molecule has 1 amide bonds. The van der Waals surface area contributed by atoms with Crippen LogP contribution in [0.5, 0.6) is 0 Å². The number of carbonyl (C=O) groups excluding carboxylic acids is 2. The average Bonchev–Trinajstić information content (AvgIpc) is 2.97. The molecule has 0 N–H and O–H groups in total. The van der Waals surface area contributed by atoms with E-state index in [9.17, 15) is 9.59 Å². The lowest BCUT2D eigenvalue weighted by Crippen LogP contribution is -2.29. The van der Waals surface area contributed by atoms with Crippen LogP contribution in [0, 0.1) is 6.92 Å². The number of rotatable bonds is 6. The summed E-state index contributed by atoms with van der Waals surface area (Å²) in [7, 11) is 5.02. The number of hydrogen-bond donors (Lipinski definition) is 0. The zero-order chi connectivity index (χ0) is 19.4. The van der Waals surface area contributed by atoms with Gasteiger partial charge in [-0.3, -0.25) is 4.79 Å². The quantitative estimate of drug-likeness (QED) is 0.440. The molecular weight excluding hydrogens is 352 g/mol. The van der Waals surface area contributed by atoms with Crippen LogP contribution in [0.25, 0.3) is 10.2 Å². The predicted octanol–water partition coefficient (Wildman–Crippen LogP) is 3.09. The summed E-state index contributed by atoms with van der Waals surface area (Å²) in [6.45, 7) is 6.85. The fourth-order valence-corrected chi connectivity index (χ4v) is 3.73. The molecule has 0 aliphatic carbocycles. The van der Waals surface area contributed by atoms with E-state index in [1.165, 1.54) is 18.4 Å². The van der Waals surface area contributed by atoms with Gasteiger partial charge in [-0.1, -0.05) is 0 Å². The summed E-state index contributed by atoms with van der Waals surface area (Å²) in [5.74, 6) is -0.584. The molecule has 0 radical (unpaired) electrons. The number of methoxy groups -OCH3 is 1. The Kier molecular flexibility index (Phi) is 6.31. The SMILES string of the molecule is CCN(CC)C(=O)c1sc2nc(C)cc(C(=O)OC)c2c1N=CN(C)C. The van der Waals surface area contributed by atoms with Crippen molar-refractivity contribution >= 4 is 45.5 Å². The number of nitrogens with zero attached hydrogens (tertiary/aromatic N) is 4. The Bertz CT molecular complexity index is 854. The van der Waals surface area contributed by atoms with Crippen molar-refractivity contribution in [1.29, 1.82) is 0 Å². The Morgan fingerprint density at radius 2 is 1.96 bits per heavy atom. The van der Waals surface area contributed by atoms with Crippen LogP contribution in [0.3, 0.4) is 0 Å². The molecule has 0 aliphatic heterocycles. The Labute approximate surface area is 157 Å². The summed E-state index contributed by atoms with van der Waals surface area (Å²) in [6, 6.07) is 1.67. The lowest BCUT2D eigenvalue weighted by Gasteiger charge is -2.17. The minimum Gasteiger partial charge on any atom is -0.465 e. The van der Waals surface area contributed by atoms with Crippen molar-refractivity contribution in [3.05, 3.63) is 22.2 Å². The number of fused-ring (bicyclic) bond motifs is 1. The highest BCUT2D eigenvalue weighted by atomic mass is 32.1. The third-order valence-corrected chi connectivity index (χ3v) is 4.89. The van der Waals surface area contributed by atoms with E-state index in [0.29, 0.717) is 45.1 Å². The number of aromatic nitrogens is 1. The summed E-state index contributed by atoms with van der Waals surface area (Å²) in [4.78, 5) is 38.9. The van der Waals surface area contributed by atoms with E-state index in [0.717, 1.165) is 0 Å². The Hall–Kier alpha value is -2.48. The molecule has 0 aliphatic rings. The molecule has 26 heavy (non-hydrogen) atoms. The second-order valence-corrected chi connectivity index (χ2v) is 6.95. The minimum atomic E-state index is -0.471. The third kappa shape index (κ3) is 3.85. The molecule has 0 aromatic carbocycles. The molecule has 0 saturated heterocycles. The number of aryl methyl sites for hydroxylation is 1. The van der Waals surface area contributed by atoms with Gasteiger partial charge in [0.2, 0.25) is 0 Å².